The maximum Gasteiger partial charge on any atom is 0.241 e. The minimum absolute atomic E-state index is 0.287. The van der Waals surface area contributed by atoms with Crippen LogP contribution in [0.1, 0.15) is 18.4 Å². The lowest BCUT2D eigenvalue weighted by Gasteiger charge is -2.32. The first-order valence-electron chi connectivity index (χ1n) is 5.22. The van der Waals surface area contributed by atoms with E-state index in [1.807, 2.05) is 6.07 Å². The van der Waals surface area contributed by atoms with E-state index in [2.05, 4.69) is 5.32 Å². The number of benzene rings is 1. The highest BCUT2D eigenvalue weighted by molar-refractivity contribution is 6.67. The van der Waals surface area contributed by atoms with Gasteiger partial charge in [-0.05, 0) is 30.0 Å². The second-order valence-electron chi connectivity index (χ2n) is 3.90. The number of amides is 1. The SMILES string of the molecule is O=C(Cl)C1(c2ccccc2)CCCNC1=O. The average molecular weight is 238 g/mol. The number of hydrogen-bond donors (Lipinski definition) is 1. The Labute approximate surface area is 98.8 Å². The molecule has 1 N–H and O–H groups in total. The highest BCUT2D eigenvalue weighted by Gasteiger charge is 2.47. The molecule has 1 fully saturated rings. The van der Waals surface area contributed by atoms with Gasteiger partial charge in [-0.1, -0.05) is 30.3 Å². The van der Waals surface area contributed by atoms with Crippen molar-refractivity contribution in [1.82, 2.24) is 5.32 Å². The maximum atomic E-state index is 11.9. The fourth-order valence-corrected chi connectivity index (χ4v) is 2.41. The lowest BCUT2D eigenvalue weighted by atomic mass is 9.75. The van der Waals surface area contributed by atoms with Crippen LogP contribution < -0.4 is 5.32 Å². The molecule has 0 aromatic heterocycles. The Balaban J connectivity index is 2.51. The summed E-state index contributed by atoms with van der Waals surface area (Å²) in [6.07, 6.45) is 1.24. The minimum atomic E-state index is -1.19. The Morgan fingerprint density at radius 2 is 2.00 bits per heavy atom. The van der Waals surface area contributed by atoms with Gasteiger partial charge in [0.25, 0.3) is 0 Å². The molecule has 3 nitrogen and oxygen atoms in total. The highest BCUT2D eigenvalue weighted by Crippen LogP contribution is 2.34. The third kappa shape index (κ3) is 1.61. The first-order chi connectivity index (χ1) is 7.68. The monoisotopic (exact) mass is 237 g/mol. The highest BCUT2D eigenvalue weighted by atomic mass is 35.5. The van der Waals surface area contributed by atoms with Crippen LogP contribution in [0.15, 0.2) is 30.3 Å². The van der Waals surface area contributed by atoms with Crippen LogP contribution >= 0.6 is 11.6 Å². The van der Waals surface area contributed by atoms with Crippen LogP contribution in [0.5, 0.6) is 0 Å². The largest absolute Gasteiger partial charge is 0.355 e. The zero-order valence-corrected chi connectivity index (χ0v) is 9.46. The van der Waals surface area contributed by atoms with Gasteiger partial charge in [-0.2, -0.15) is 0 Å². The van der Waals surface area contributed by atoms with Gasteiger partial charge in [-0.15, -0.1) is 0 Å². The lowest BCUT2D eigenvalue weighted by Crippen LogP contribution is -2.52. The minimum Gasteiger partial charge on any atom is -0.355 e. The molecule has 1 unspecified atom stereocenters. The molecule has 1 heterocycles. The van der Waals surface area contributed by atoms with Gasteiger partial charge in [0.2, 0.25) is 11.1 Å². The Bertz CT molecular complexity index is 418. The standard InChI is InChI=1S/C12H12ClNO2/c13-10(15)12(7-4-8-14-11(12)16)9-5-2-1-3-6-9/h1-3,5-6H,4,7-8H2,(H,14,16). The van der Waals surface area contributed by atoms with Crippen molar-refractivity contribution in [3.8, 4) is 0 Å². The fourth-order valence-electron chi connectivity index (χ4n) is 2.12. The van der Waals surface area contributed by atoms with Crippen molar-refractivity contribution in [2.75, 3.05) is 6.54 Å². The first-order valence-corrected chi connectivity index (χ1v) is 5.59. The Hall–Kier alpha value is -1.35. The summed E-state index contributed by atoms with van der Waals surface area (Å²) >= 11 is 5.64. The van der Waals surface area contributed by atoms with Crippen LogP contribution in [-0.4, -0.2) is 17.7 Å². The van der Waals surface area contributed by atoms with Crippen LogP contribution in [0.3, 0.4) is 0 Å². The molecule has 1 amide bonds. The molecule has 1 atom stereocenters. The van der Waals surface area contributed by atoms with Crippen LogP contribution in [0.2, 0.25) is 0 Å². The summed E-state index contributed by atoms with van der Waals surface area (Å²) < 4.78 is 0. The molecule has 1 saturated heterocycles. The molecule has 0 spiro atoms. The van der Waals surface area contributed by atoms with E-state index in [-0.39, 0.29) is 5.91 Å². The number of carbonyl (C=O) groups excluding carboxylic acids is 2. The van der Waals surface area contributed by atoms with Crippen LogP contribution in [-0.2, 0) is 15.0 Å². The average Bonchev–Trinajstić information content (AvgIpc) is 2.30. The number of rotatable bonds is 2. The Kier molecular flexibility index (Phi) is 2.97. The third-order valence-electron chi connectivity index (χ3n) is 3.00. The smallest absolute Gasteiger partial charge is 0.241 e. The molecule has 1 aromatic carbocycles. The van der Waals surface area contributed by atoms with E-state index in [0.717, 1.165) is 6.42 Å². The van der Waals surface area contributed by atoms with E-state index in [4.69, 9.17) is 11.6 Å². The molecular weight excluding hydrogens is 226 g/mol. The summed E-state index contributed by atoms with van der Waals surface area (Å²) in [6, 6.07) is 8.99. The van der Waals surface area contributed by atoms with Crippen molar-refractivity contribution in [2.45, 2.75) is 18.3 Å². The lowest BCUT2D eigenvalue weighted by molar-refractivity contribution is -0.134. The molecule has 0 aliphatic carbocycles. The molecule has 0 bridgehead atoms. The van der Waals surface area contributed by atoms with Crippen molar-refractivity contribution in [1.29, 1.82) is 0 Å². The molecule has 0 radical (unpaired) electrons. The molecule has 2 rings (SSSR count). The summed E-state index contributed by atoms with van der Waals surface area (Å²) in [4.78, 5) is 23.6. The number of nitrogens with one attached hydrogen (secondary N) is 1. The van der Waals surface area contributed by atoms with Gasteiger partial charge < -0.3 is 5.32 Å². The molecule has 1 aliphatic heterocycles. The van der Waals surface area contributed by atoms with Crippen molar-refractivity contribution in [3.05, 3.63) is 35.9 Å². The van der Waals surface area contributed by atoms with Gasteiger partial charge in [0.05, 0.1) is 0 Å². The second kappa shape index (κ2) is 4.26. The maximum absolute atomic E-state index is 11.9. The summed E-state index contributed by atoms with van der Waals surface area (Å²) in [7, 11) is 0. The fraction of sp³-hybridized carbons (Fsp3) is 0.333. The van der Waals surface area contributed by atoms with E-state index < -0.39 is 10.7 Å². The molecule has 4 heteroatoms. The third-order valence-corrected chi connectivity index (χ3v) is 3.33. The molecule has 1 aliphatic rings. The quantitative estimate of drug-likeness (QED) is 0.627. The van der Waals surface area contributed by atoms with Crippen molar-refractivity contribution in [2.24, 2.45) is 0 Å². The predicted molar refractivity (Wildman–Crippen MR) is 61.2 cm³/mol. The van der Waals surface area contributed by atoms with Gasteiger partial charge >= 0.3 is 0 Å². The summed E-state index contributed by atoms with van der Waals surface area (Å²) in [5, 5.41) is 2.11. The zero-order valence-electron chi connectivity index (χ0n) is 8.70. The van der Waals surface area contributed by atoms with Crippen molar-refractivity contribution < 1.29 is 9.59 Å². The van der Waals surface area contributed by atoms with E-state index in [0.29, 0.717) is 18.5 Å². The summed E-state index contributed by atoms with van der Waals surface area (Å²) in [5.74, 6) is -0.287. The number of halogens is 1. The first kappa shape index (κ1) is 11.1. The predicted octanol–water partition coefficient (Wildman–Crippen LogP) is 1.60. The Morgan fingerprint density at radius 3 is 2.56 bits per heavy atom. The molecule has 84 valence electrons. The summed E-state index contributed by atoms with van der Waals surface area (Å²) in [5.41, 5.74) is -0.520. The molecular formula is C12H12ClNO2. The second-order valence-corrected chi connectivity index (χ2v) is 4.25. The van der Waals surface area contributed by atoms with E-state index >= 15 is 0 Å². The number of piperidine rings is 1. The normalized spacial score (nSPS) is 24.9. The zero-order chi connectivity index (χ0) is 11.6. The van der Waals surface area contributed by atoms with Crippen molar-refractivity contribution in [3.63, 3.8) is 0 Å². The molecule has 1 aromatic rings. The van der Waals surface area contributed by atoms with Crippen LogP contribution in [0.4, 0.5) is 0 Å². The molecule has 0 saturated carbocycles. The van der Waals surface area contributed by atoms with Gasteiger partial charge in [-0.3, -0.25) is 9.59 Å². The van der Waals surface area contributed by atoms with E-state index in [1.54, 1.807) is 24.3 Å². The van der Waals surface area contributed by atoms with Crippen molar-refractivity contribution >= 4 is 22.8 Å². The molecule has 16 heavy (non-hydrogen) atoms. The van der Waals surface area contributed by atoms with E-state index in [9.17, 15) is 9.59 Å². The topological polar surface area (TPSA) is 46.2 Å². The van der Waals surface area contributed by atoms with Crippen LogP contribution in [0.25, 0.3) is 0 Å². The van der Waals surface area contributed by atoms with E-state index in [1.165, 1.54) is 0 Å². The number of hydrogen-bond acceptors (Lipinski definition) is 2. The van der Waals surface area contributed by atoms with Gasteiger partial charge in [0.15, 0.2) is 0 Å². The Morgan fingerprint density at radius 1 is 1.31 bits per heavy atom. The van der Waals surface area contributed by atoms with Gasteiger partial charge in [-0.25, -0.2) is 0 Å². The number of carbonyl (C=O) groups is 2. The van der Waals surface area contributed by atoms with Gasteiger partial charge in [0, 0.05) is 6.54 Å². The van der Waals surface area contributed by atoms with Gasteiger partial charge in [0.1, 0.15) is 5.41 Å². The van der Waals surface area contributed by atoms with Crippen LogP contribution in [0, 0.1) is 0 Å². The summed E-state index contributed by atoms with van der Waals surface area (Å²) in [6.45, 7) is 0.609.